The largest absolute Gasteiger partial charge is 0.548 e. The second-order valence-corrected chi connectivity index (χ2v) is 5.72. The van der Waals surface area contributed by atoms with E-state index in [1.807, 2.05) is 38.1 Å². The Morgan fingerprint density at radius 3 is 2.78 bits per heavy atom. The van der Waals surface area contributed by atoms with Crippen molar-refractivity contribution in [2.75, 3.05) is 5.32 Å². The smallest absolute Gasteiger partial charge is 0.196 e. The molecule has 2 aromatic heterocycles. The number of aryl methyl sites for hydroxylation is 1. The molecule has 3 aromatic rings. The first-order valence-electron chi connectivity index (χ1n) is 7.64. The van der Waals surface area contributed by atoms with Crippen LogP contribution in [0, 0.1) is 12.8 Å². The average Bonchev–Trinajstić information content (AvgIpc) is 2.90. The third kappa shape index (κ3) is 2.72. The van der Waals surface area contributed by atoms with Gasteiger partial charge < -0.3 is 19.6 Å². The molecule has 0 aliphatic rings. The third-order valence-electron chi connectivity index (χ3n) is 4.09. The molecular formula is C17H18N3O3-. The number of nitrogens with zero attached hydrogens (tertiary/aromatic N) is 2. The quantitative estimate of drug-likeness (QED) is 0.777. The molecule has 23 heavy (non-hydrogen) atoms. The average molecular weight is 312 g/mol. The van der Waals surface area contributed by atoms with Crippen LogP contribution in [-0.2, 0) is 4.79 Å². The maximum Gasteiger partial charge on any atom is 0.196 e. The van der Waals surface area contributed by atoms with Crippen molar-refractivity contribution in [2.45, 2.75) is 33.2 Å². The van der Waals surface area contributed by atoms with Gasteiger partial charge >= 0.3 is 0 Å². The van der Waals surface area contributed by atoms with E-state index in [1.54, 1.807) is 6.92 Å². The number of para-hydroxylation sites is 1. The van der Waals surface area contributed by atoms with Crippen LogP contribution in [0.4, 0.5) is 5.82 Å². The molecule has 0 fully saturated rings. The molecule has 0 saturated carbocycles. The number of hydrogen-bond donors (Lipinski definition) is 1. The fraction of sp³-hybridized carbons (Fsp3) is 0.353. The summed E-state index contributed by atoms with van der Waals surface area (Å²) in [5, 5.41) is 15.3. The second-order valence-electron chi connectivity index (χ2n) is 5.72. The van der Waals surface area contributed by atoms with Gasteiger partial charge in [-0.15, -0.1) is 0 Å². The van der Waals surface area contributed by atoms with Crippen molar-refractivity contribution in [3.05, 3.63) is 30.1 Å². The normalized spacial score (nSPS) is 14.0. The summed E-state index contributed by atoms with van der Waals surface area (Å²) in [6.45, 7) is 5.56. The van der Waals surface area contributed by atoms with Crippen molar-refractivity contribution < 1.29 is 14.3 Å². The first-order valence-corrected chi connectivity index (χ1v) is 7.64. The Kier molecular flexibility index (Phi) is 3.90. The van der Waals surface area contributed by atoms with Crippen LogP contribution >= 0.6 is 0 Å². The number of carboxylic acid groups (broad SMARTS) is 1. The Bertz CT molecular complexity index is 872. The lowest BCUT2D eigenvalue weighted by molar-refractivity contribution is -0.307. The number of furan rings is 1. The molecule has 6 nitrogen and oxygen atoms in total. The summed E-state index contributed by atoms with van der Waals surface area (Å²) in [7, 11) is 0. The van der Waals surface area contributed by atoms with Crippen LogP contribution in [-0.4, -0.2) is 22.0 Å². The second kappa shape index (κ2) is 5.87. The number of carbonyl (C=O) groups is 1. The van der Waals surface area contributed by atoms with Crippen LogP contribution in [0.5, 0.6) is 0 Å². The molecule has 0 aliphatic heterocycles. The van der Waals surface area contributed by atoms with Gasteiger partial charge in [-0.2, -0.15) is 0 Å². The molecule has 1 N–H and O–H groups in total. The molecule has 0 radical (unpaired) electrons. The van der Waals surface area contributed by atoms with E-state index >= 15 is 0 Å². The van der Waals surface area contributed by atoms with Gasteiger partial charge in [0.2, 0.25) is 0 Å². The maximum absolute atomic E-state index is 11.4. The van der Waals surface area contributed by atoms with Gasteiger partial charge in [0.25, 0.3) is 0 Å². The van der Waals surface area contributed by atoms with Gasteiger partial charge in [0.05, 0.1) is 12.0 Å². The van der Waals surface area contributed by atoms with E-state index in [-0.39, 0.29) is 5.92 Å². The Morgan fingerprint density at radius 2 is 2.09 bits per heavy atom. The van der Waals surface area contributed by atoms with E-state index < -0.39 is 12.0 Å². The van der Waals surface area contributed by atoms with Gasteiger partial charge in [-0.3, -0.25) is 0 Å². The van der Waals surface area contributed by atoms with E-state index in [2.05, 4.69) is 15.3 Å². The number of aliphatic carboxylic acids is 1. The number of aromatic nitrogens is 2. The van der Waals surface area contributed by atoms with Crippen molar-refractivity contribution in [3.8, 4) is 0 Å². The molecule has 120 valence electrons. The molecule has 2 atom stereocenters. The monoisotopic (exact) mass is 312 g/mol. The third-order valence-corrected chi connectivity index (χ3v) is 4.09. The standard InChI is InChI=1S/C17H19N3O3/c1-4-9(2)13(17(21)22)20-16-15-14(18-10(3)19-16)11-7-5-6-8-12(11)23-15/h5-9,13H,4H2,1-3H3,(H,21,22)(H,18,19,20)/p-1/t9-,13+/m1/s1. The topological polar surface area (TPSA) is 91.1 Å². The highest BCUT2D eigenvalue weighted by Gasteiger charge is 2.21. The molecule has 2 heterocycles. The van der Waals surface area contributed by atoms with Crippen LogP contribution in [0.25, 0.3) is 22.1 Å². The summed E-state index contributed by atoms with van der Waals surface area (Å²) in [4.78, 5) is 20.2. The summed E-state index contributed by atoms with van der Waals surface area (Å²) < 4.78 is 5.83. The highest BCUT2D eigenvalue weighted by Crippen LogP contribution is 2.31. The zero-order valence-corrected chi connectivity index (χ0v) is 13.3. The summed E-state index contributed by atoms with van der Waals surface area (Å²) in [6, 6.07) is 6.71. The van der Waals surface area contributed by atoms with E-state index in [0.717, 1.165) is 5.39 Å². The minimum absolute atomic E-state index is 0.102. The predicted octanol–water partition coefficient (Wildman–Crippen LogP) is 2.26. The number of fused-ring (bicyclic) bond motifs is 3. The number of rotatable bonds is 5. The Balaban J connectivity index is 2.15. The molecule has 3 rings (SSSR count). The van der Waals surface area contributed by atoms with Crippen molar-refractivity contribution in [1.82, 2.24) is 9.97 Å². The van der Waals surface area contributed by atoms with Crippen LogP contribution in [0.2, 0.25) is 0 Å². The Morgan fingerprint density at radius 1 is 1.35 bits per heavy atom. The molecule has 1 aromatic carbocycles. The summed E-state index contributed by atoms with van der Waals surface area (Å²) >= 11 is 0. The highest BCUT2D eigenvalue weighted by atomic mass is 16.4. The van der Waals surface area contributed by atoms with Gasteiger partial charge in [-0.1, -0.05) is 32.4 Å². The fourth-order valence-corrected chi connectivity index (χ4v) is 2.62. The zero-order chi connectivity index (χ0) is 16.6. The van der Waals surface area contributed by atoms with Crippen LogP contribution < -0.4 is 10.4 Å². The molecule has 6 heteroatoms. The first-order chi connectivity index (χ1) is 11.0. The van der Waals surface area contributed by atoms with Gasteiger partial charge in [0.15, 0.2) is 11.4 Å². The molecule has 0 saturated heterocycles. The minimum atomic E-state index is -1.15. The van der Waals surface area contributed by atoms with Crippen molar-refractivity contribution >= 4 is 33.9 Å². The lowest BCUT2D eigenvalue weighted by Gasteiger charge is -2.25. The van der Waals surface area contributed by atoms with Gasteiger partial charge in [-0.25, -0.2) is 9.97 Å². The zero-order valence-electron chi connectivity index (χ0n) is 13.3. The maximum atomic E-state index is 11.4. The van der Waals surface area contributed by atoms with Crippen molar-refractivity contribution in [3.63, 3.8) is 0 Å². The molecule has 0 aliphatic carbocycles. The number of carboxylic acids is 1. The SMILES string of the molecule is CC[C@@H](C)[C@H](Nc1nc(C)nc2c1oc1ccccc12)C(=O)[O-]. The van der Waals surface area contributed by atoms with Crippen molar-refractivity contribution in [2.24, 2.45) is 5.92 Å². The molecule has 0 unspecified atom stereocenters. The molecule has 0 amide bonds. The van der Waals surface area contributed by atoms with Gasteiger partial charge in [0.1, 0.15) is 16.9 Å². The van der Waals surface area contributed by atoms with Gasteiger partial charge in [0, 0.05) is 5.39 Å². The summed E-state index contributed by atoms with van der Waals surface area (Å²) in [6.07, 6.45) is 0.707. The van der Waals surface area contributed by atoms with E-state index in [1.165, 1.54) is 0 Å². The summed E-state index contributed by atoms with van der Waals surface area (Å²) in [5.74, 6) is -0.319. The number of hydrogen-bond acceptors (Lipinski definition) is 6. The van der Waals surface area contributed by atoms with Crippen LogP contribution in [0.1, 0.15) is 26.1 Å². The number of anilines is 1. The molecular weight excluding hydrogens is 294 g/mol. The number of benzene rings is 1. The van der Waals surface area contributed by atoms with Gasteiger partial charge in [-0.05, 0) is 25.0 Å². The van der Waals surface area contributed by atoms with E-state index in [0.29, 0.717) is 34.7 Å². The lowest BCUT2D eigenvalue weighted by atomic mass is 9.99. The molecule has 0 spiro atoms. The van der Waals surface area contributed by atoms with Crippen LogP contribution in [0.15, 0.2) is 28.7 Å². The van der Waals surface area contributed by atoms with Crippen molar-refractivity contribution in [1.29, 1.82) is 0 Å². The minimum Gasteiger partial charge on any atom is -0.548 e. The van der Waals surface area contributed by atoms with Crippen LogP contribution in [0.3, 0.4) is 0 Å². The number of carbonyl (C=O) groups excluding carboxylic acids is 1. The van der Waals surface area contributed by atoms with E-state index in [4.69, 9.17) is 4.42 Å². The first kappa shape index (κ1) is 15.3. The Labute approximate surface area is 133 Å². The van der Waals surface area contributed by atoms with E-state index in [9.17, 15) is 9.90 Å². The highest BCUT2D eigenvalue weighted by molar-refractivity contribution is 6.05. The predicted molar refractivity (Wildman–Crippen MR) is 85.9 cm³/mol. The number of nitrogens with one attached hydrogen (secondary N) is 1. The lowest BCUT2D eigenvalue weighted by Crippen LogP contribution is -2.45. The fourth-order valence-electron chi connectivity index (χ4n) is 2.62. The summed E-state index contributed by atoms with van der Waals surface area (Å²) in [5.41, 5.74) is 1.84. The molecule has 0 bridgehead atoms. The Hall–Kier alpha value is -2.63.